The van der Waals surface area contributed by atoms with Crippen molar-refractivity contribution in [2.75, 3.05) is 7.11 Å². The van der Waals surface area contributed by atoms with Crippen LogP contribution in [0, 0.1) is 23.7 Å². The van der Waals surface area contributed by atoms with Gasteiger partial charge in [-0.25, -0.2) is 0 Å². The molecule has 0 unspecified atom stereocenters. The maximum absolute atomic E-state index is 12.6. The van der Waals surface area contributed by atoms with E-state index in [2.05, 4.69) is 10.9 Å². The summed E-state index contributed by atoms with van der Waals surface area (Å²) in [6.45, 7) is 0. The smallest absolute Gasteiger partial charge is 0.391 e. The molecule has 2 fully saturated rings. The monoisotopic (exact) mass is 378 g/mol. The molecular formula is C17H25F3N2O4. The molecule has 2 N–H and O–H groups in total. The number of carbonyl (C=O) groups excluding carboxylic acids is 3. The highest BCUT2D eigenvalue weighted by atomic mass is 19.4. The van der Waals surface area contributed by atoms with Gasteiger partial charge in [0.25, 0.3) is 0 Å². The van der Waals surface area contributed by atoms with Crippen molar-refractivity contribution in [2.24, 2.45) is 23.7 Å². The van der Waals surface area contributed by atoms with Crippen LogP contribution in [0.25, 0.3) is 0 Å². The van der Waals surface area contributed by atoms with Crippen LogP contribution in [0.1, 0.15) is 51.4 Å². The minimum Gasteiger partial charge on any atom is -0.469 e. The largest absolute Gasteiger partial charge is 0.469 e. The molecule has 2 amide bonds. The molecule has 0 saturated heterocycles. The standard InChI is InChI=1S/C17H25F3N2O4/c1-26-16(25)12-4-2-10(3-5-12)14(23)21-22-15(24)11-6-8-13(9-7-11)17(18,19)20/h10-13H,2-9H2,1H3,(H,21,23)(H,22,24)/t10-,11?,12-,13?. The zero-order valence-corrected chi connectivity index (χ0v) is 14.7. The van der Waals surface area contributed by atoms with Crippen molar-refractivity contribution in [3.63, 3.8) is 0 Å². The summed E-state index contributed by atoms with van der Waals surface area (Å²) in [6, 6.07) is 0. The number of alkyl halides is 3. The second kappa shape index (κ2) is 8.73. The van der Waals surface area contributed by atoms with Gasteiger partial charge in [0, 0.05) is 11.8 Å². The minimum atomic E-state index is -4.21. The second-order valence-electron chi connectivity index (χ2n) is 7.14. The lowest BCUT2D eigenvalue weighted by Crippen LogP contribution is -2.48. The minimum absolute atomic E-state index is 0.0624. The lowest BCUT2D eigenvalue weighted by atomic mass is 9.81. The third kappa shape index (κ3) is 5.35. The number of hydrogen-bond donors (Lipinski definition) is 2. The highest BCUT2D eigenvalue weighted by Gasteiger charge is 2.42. The van der Waals surface area contributed by atoms with E-state index in [9.17, 15) is 27.6 Å². The van der Waals surface area contributed by atoms with Crippen molar-refractivity contribution in [2.45, 2.75) is 57.5 Å². The molecule has 0 aliphatic heterocycles. The number of hydrogen-bond acceptors (Lipinski definition) is 4. The maximum Gasteiger partial charge on any atom is 0.391 e. The van der Waals surface area contributed by atoms with E-state index in [1.165, 1.54) is 7.11 Å². The van der Waals surface area contributed by atoms with Gasteiger partial charge >= 0.3 is 12.1 Å². The molecule has 0 atom stereocenters. The summed E-state index contributed by atoms with van der Waals surface area (Å²) in [5.74, 6) is -3.38. The van der Waals surface area contributed by atoms with Crippen LogP contribution in [-0.4, -0.2) is 31.1 Å². The van der Waals surface area contributed by atoms with Gasteiger partial charge in [-0.2, -0.15) is 13.2 Å². The van der Waals surface area contributed by atoms with E-state index in [1.54, 1.807) is 0 Å². The third-order valence-electron chi connectivity index (χ3n) is 5.50. The van der Waals surface area contributed by atoms with E-state index in [-0.39, 0.29) is 49.4 Å². The molecular weight excluding hydrogens is 353 g/mol. The Bertz CT molecular complexity index is 523. The molecule has 26 heavy (non-hydrogen) atoms. The average molecular weight is 378 g/mol. The molecule has 0 spiro atoms. The fourth-order valence-corrected chi connectivity index (χ4v) is 3.77. The molecule has 0 aromatic heterocycles. The molecule has 6 nitrogen and oxygen atoms in total. The quantitative estimate of drug-likeness (QED) is 0.584. The third-order valence-corrected chi connectivity index (χ3v) is 5.50. The molecule has 2 aliphatic carbocycles. The lowest BCUT2D eigenvalue weighted by Gasteiger charge is -2.29. The van der Waals surface area contributed by atoms with Gasteiger partial charge < -0.3 is 4.74 Å². The van der Waals surface area contributed by atoms with Crippen molar-refractivity contribution in [1.29, 1.82) is 0 Å². The van der Waals surface area contributed by atoms with Gasteiger partial charge in [0.05, 0.1) is 18.9 Å². The fourth-order valence-electron chi connectivity index (χ4n) is 3.77. The molecule has 0 bridgehead atoms. The Morgan fingerprint density at radius 1 is 0.769 bits per heavy atom. The summed E-state index contributed by atoms with van der Waals surface area (Å²) in [6.07, 6.45) is -1.85. The number of methoxy groups -OCH3 is 1. The van der Waals surface area contributed by atoms with E-state index in [0.29, 0.717) is 25.7 Å². The molecule has 0 heterocycles. The molecule has 2 rings (SSSR count). The Labute approximate surface area is 150 Å². The number of nitrogens with one attached hydrogen (secondary N) is 2. The average Bonchev–Trinajstić information content (AvgIpc) is 2.64. The predicted molar refractivity (Wildman–Crippen MR) is 85.3 cm³/mol. The van der Waals surface area contributed by atoms with Gasteiger partial charge in [0.1, 0.15) is 0 Å². The molecule has 0 radical (unpaired) electrons. The first-order chi connectivity index (χ1) is 12.2. The van der Waals surface area contributed by atoms with Crippen molar-refractivity contribution in [3.8, 4) is 0 Å². The van der Waals surface area contributed by atoms with E-state index < -0.39 is 23.9 Å². The number of amides is 2. The summed E-state index contributed by atoms with van der Waals surface area (Å²) >= 11 is 0. The highest BCUT2D eigenvalue weighted by molar-refractivity contribution is 5.84. The fraction of sp³-hybridized carbons (Fsp3) is 0.824. The van der Waals surface area contributed by atoms with E-state index in [1.807, 2.05) is 0 Å². The Kier molecular flexibility index (Phi) is 6.88. The highest BCUT2D eigenvalue weighted by Crippen LogP contribution is 2.39. The molecule has 0 aromatic carbocycles. The van der Waals surface area contributed by atoms with Gasteiger partial charge in [-0.05, 0) is 51.4 Å². The molecule has 148 valence electrons. The van der Waals surface area contributed by atoms with Crippen LogP contribution in [0.15, 0.2) is 0 Å². The normalized spacial score (nSPS) is 29.5. The maximum atomic E-state index is 12.6. The zero-order valence-electron chi connectivity index (χ0n) is 14.7. The van der Waals surface area contributed by atoms with Gasteiger partial charge in [-0.15, -0.1) is 0 Å². The van der Waals surface area contributed by atoms with Crippen LogP contribution in [0.3, 0.4) is 0 Å². The summed E-state index contributed by atoms with van der Waals surface area (Å²) in [5, 5.41) is 0. The summed E-state index contributed by atoms with van der Waals surface area (Å²) < 4.78 is 42.6. The molecule has 9 heteroatoms. The number of halogens is 3. The van der Waals surface area contributed by atoms with Gasteiger partial charge in [-0.1, -0.05) is 0 Å². The van der Waals surface area contributed by atoms with Gasteiger partial charge in [0.15, 0.2) is 0 Å². The van der Waals surface area contributed by atoms with Crippen LogP contribution < -0.4 is 10.9 Å². The first-order valence-corrected chi connectivity index (χ1v) is 8.96. The number of rotatable bonds is 3. The van der Waals surface area contributed by atoms with Crippen LogP contribution in [-0.2, 0) is 19.1 Å². The van der Waals surface area contributed by atoms with Gasteiger partial charge in [0.2, 0.25) is 11.8 Å². The first-order valence-electron chi connectivity index (χ1n) is 8.96. The number of ether oxygens (including phenoxy) is 1. The molecule has 2 aliphatic rings. The zero-order chi connectivity index (χ0) is 19.3. The van der Waals surface area contributed by atoms with E-state index >= 15 is 0 Å². The van der Waals surface area contributed by atoms with Crippen molar-refractivity contribution < 1.29 is 32.3 Å². The van der Waals surface area contributed by atoms with E-state index in [0.717, 1.165) is 0 Å². The van der Waals surface area contributed by atoms with E-state index in [4.69, 9.17) is 4.74 Å². The lowest BCUT2D eigenvalue weighted by molar-refractivity contribution is -0.184. The second-order valence-corrected chi connectivity index (χ2v) is 7.14. The van der Waals surface area contributed by atoms with Crippen LogP contribution >= 0.6 is 0 Å². The molecule has 2 saturated carbocycles. The Hall–Kier alpha value is -1.80. The van der Waals surface area contributed by atoms with Crippen molar-refractivity contribution in [1.82, 2.24) is 10.9 Å². The van der Waals surface area contributed by atoms with Crippen LogP contribution in [0.4, 0.5) is 13.2 Å². The molecule has 0 aromatic rings. The predicted octanol–water partition coefficient (Wildman–Crippen LogP) is 2.48. The summed E-state index contributed by atoms with van der Waals surface area (Å²) in [4.78, 5) is 35.6. The summed E-state index contributed by atoms with van der Waals surface area (Å²) in [7, 11) is 1.33. The SMILES string of the molecule is COC(=O)[C@H]1CC[C@H](C(=O)NNC(=O)C2CCC(C(F)(F)F)CC2)CC1. The number of carbonyl (C=O) groups is 3. The Balaban J connectivity index is 1.70. The Morgan fingerprint density at radius 2 is 1.15 bits per heavy atom. The van der Waals surface area contributed by atoms with Crippen molar-refractivity contribution >= 4 is 17.8 Å². The number of hydrazine groups is 1. The van der Waals surface area contributed by atoms with Crippen LogP contribution in [0.5, 0.6) is 0 Å². The first kappa shape index (κ1) is 20.5. The van der Waals surface area contributed by atoms with Gasteiger partial charge in [-0.3, -0.25) is 25.2 Å². The summed E-state index contributed by atoms with van der Waals surface area (Å²) in [5.41, 5.74) is 4.71. The number of esters is 1. The van der Waals surface area contributed by atoms with Crippen LogP contribution in [0.2, 0.25) is 0 Å². The van der Waals surface area contributed by atoms with Crippen molar-refractivity contribution in [3.05, 3.63) is 0 Å². The topological polar surface area (TPSA) is 84.5 Å². The Morgan fingerprint density at radius 3 is 1.54 bits per heavy atom.